The molecule has 10 heteroatoms. The smallest absolute Gasteiger partial charge is 0.204 e. The van der Waals surface area contributed by atoms with Crippen LogP contribution in [0.2, 0.25) is 0 Å². The third-order valence-corrected chi connectivity index (χ3v) is 1.42. The summed E-state index contributed by atoms with van der Waals surface area (Å²) in [5.74, 6) is -8.91. The van der Waals surface area contributed by atoms with Gasteiger partial charge < -0.3 is 0 Å². The van der Waals surface area contributed by atoms with Gasteiger partial charge in [0, 0.05) is 6.42 Å². The molecule has 0 aromatic heterocycles. The summed E-state index contributed by atoms with van der Waals surface area (Å²) in [6.45, 7) is 0. The molecule has 16 heavy (non-hydrogen) atoms. The Morgan fingerprint density at radius 2 is 1.06 bits per heavy atom. The molecule has 0 aliphatic heterocycles. The van der Waals surface area contributed by atoms with E-state index >= 15 is 0 Å². The summed E-state index contributed by atoms with van der Waals surface area (Å²) in [6, 6.07) is 0. The summed E-state index contributed by atoms with van der Waals surface area (Å²) in [4.78, 5) is 0. The van der Waals surface area contributed by atoms with E-state index in [0.717, 1.165) is 0 Å². The summed E-state index contributed by atoms with van der Waals surface area (Å²) >= 11 is 0. The van der Waals surface area contributed by atoms with Crippen molar-refractivity contribution in [3.05, 3.63) is 5.92 Å². The van der Waals surface area contributed by atoms with Gasteiger partial charge in [-0.1, -0.05) is 0 Å². The zero-order valence-corrected chi connectivity index (χ0v) is 7.06. The monoisotopic (exact) mass is 265 g/mol. The van der Waals surface area contributed by atoms with Crippen LogP contribution in [0.4, 0.5) is 43.9 Å². The molecule has 0 nitrogen and oxygen atoms in total. The summed E-state index contributed by atoms with van der Waals surface area (Å²) < 4.78 is 117. The lowest BCUT2D eigenvalue weighted by Gasteiger charge is -2.25. The normalized spacial score (nSPS) is 15.0. The zero-order valence-electron chi connectivity index (χ0n) is 7.06. The molecule has 0 saturated carbocycles. The van der Waals surface area contributed by atoms with Gasteiger partial charge in [-0.2, -0.15) is 26.3 Å². The molecule has 1 radical (unpaired) electrons. The van der Waals surface area contributed by atoms with Crippen LogP contribution < -0.4 is 0 Å². The van der Waals surface area contributed by atoms with E-state index in [2.05, 4.69) is 0 Å². The van der Waals surface area contributed by atoms with Crippen molar-refractivity contribution < 1.29 is 43.9 Å². The Labute approximate surface area is 82.2 Å². The van der Waals surface area contributed by atoms with Gasteiger partial charge in [0.05, 0.1) is 0 Å². The highest BCUT2D eigenvalue weighted by atomic mass is 19.4. The van der Waals surface area contributed by atoms with Crippen molar-refractivity contribution in [3.63, 3.8) is 0 Å². The maximum absolute atomic E-state index is 12.1. The quantitative estimate of drug-likeness (QED) is 0.677. The number of alkyl halides is 10. The van der Waals surface area contributed by atoms with Crippen molar-refractivity contribution in [1.82, 2.24) is 0 Å². The largest absolute Gasteiger partial charge is 0.404 e. The Balaban J connectivity index is 4.98. The summed E-state index contributed by atoms with van der Waals surface area (Å²) in [7, 11) is 0. The van der Waals surface area contributed by atoms with Gasteiger partial charge in [-0.05, 0) is 0 Å². The maximum atomic E-state index is 12.1. The molecular formula is C6H3F10. The van der Waals surface area contributed by atoms with Crippen molar-refractivity contribution in [1.29, 1.82) is 0 Å². The lowest BCUT2D eigenvalue weighted by molar-refractivity contribution is -0.228. The van der Waals surface area contributed by atoms with E-state index in [0.29, 0.717) is 0 Å². The van der Waals surface area contributed by atoms with Crippen molar-refractivity contribution in [3.8, 4) is 0 Å². The first-order valence-corrected chi connectivity index (χ1v) is 3.44. The molecule has 0 spiro atoms. The van der Waals surface area contributed by atoms with E-state index in [-0.39, 0.29) is 0 Å². The molecule has 0 aliphatic rings. The van der Waals surface area contributed by atoms with Crippen LogP contribution in [-0.4, -0.2) is 24.7 Å². The Morgan fingerprint density at radius 1 is 0.750 bits per heavy atom. The minimum Gasteiger partial charge on any atom is -0.204 e. The van der Waals surface area contributed by atoms with Gasteiger partial charge in [0.1, 0.15) is 0 Å². The summed E-state index contributed by atoms with van der Waals surface area (Å²) in [6.07, 6.45) is -20.0. The minimum absolute atomic E-state index is 3.10. The summed E-state index contributed by atoms with van der Waals surface area (Å²) in [5, 5.41) is 0. The topological polar surface area (TPSA) is 0 Å². The molecule has 0 N–H and O–H groups in total. The van der Waals surface area contributed by atoms with E-state index in [1.165, 1.54) is 0 Å². The molecule has 0 bridgehead atoms. The third-order valence-electron chi connectivity index (χ3n) is 1.42. The molecule has 0 atom stereocenters. The first-order chi connectivity index (χ1) is 6.78. The first-order valence-electron chi connectivity index (χ1n) is 3.44. The third kappa shape index (κ3) is 4.05. The lowest BCUT2D eigenvalue weighted by Crippen LogP contribution is -2.41. The van der Waals surface area contributed by atoms with Crippen LogP contribution in [0.5, 0.6) is 0 Å². The van der Waals surface area contributed by atoms with Gasteiger partial charge in [-0.25, -0.2) is 17.6 Å². The second-order valence-corrected chi connectivity index (χ2v) is 2.71. The molecule has 0 saturated heterocycles. The maximum Gasteiger partial charge on any atom is 0.404 e. The van der Waals surface area contributed by atoms with Gasteiger partial charge in [0.2, 0.25) is 0 Å². The second kappa shape index (κ2) is 4.28. The van der Waals surface area contributed by atoms with Crippen LogP contribution in [-0.2, 0) is 0 Å². The van der Waals surface area contributed by atoms with Gasteiger partial charge in [0.15, 0.2) is 5.92 Å². The van der Waals surface area contributed by atoms with Gasteiger partial charge in [-0.3, -0.25) is 0 Å². The summed E-state index contributed by atoms with van der Waals surface area (Å²) in [5.41, 5.74) is 0. The molecule has 0 heterocycles. The predicted octanol–water partition coefficient (Wildman–Crippen LogP) is 3.98. The lowest BCUT2D eigenvalue weighted by atomic mass is 10.00. The molecule has 0 fully saturated rings. The van der Waals surface area contributed by atoms with Crippen molar-refractivity contribution >= 4 is 0 Å². The van der Waals surface area contributed by atoms with E-state index in [4.69, 9.17) is 0 Å². The van der Waals surface area contributed by atoms with Crippen molar-refractivity contribution in [2.45, 2.75) is 31.1 Å². The second-order valence-electron chi connectivity index (χ2n) is 2.71. The average Bonchev–Trinajstić information content (AvgIpc) is 1.95. The van der Waals surface area contributed by atoms with Gasteiger partial charge >= 0.3 is 24.7 Å². The minimum atomic E-state index is -6.13. The molecule has 0 aromatic rings. The van der Waals surface area contributed by atoms with Crippen LogP contribution in [0.15, 0.2) is 0 Å². The van der Waals surface area contributed by atoms with E-state index < -0.39 is 37.0 Å². The Kier molecular flexibility index (Phi) is 4.10. The highest BCUT2D eigenvalue weighted by molar-refractivity contribution is 5.07. The molecule has 97 valence electrons. The van der Waals surface area contributed by atoms with Crippen LogP contribution >= 0.6 is 0 Å². The Bertz CT molecular complexity index is 208. The molecule has 0 unspecified atom stereocenters. The fourth-order valence-corrected chi connectivity index (χ4v) is 0.674. The van der Waals surface area contributed by atoms with E-state index in [1.807, 2.05) is 0 Å². The standard InChI is InChI=1S/C6H3F10/c7-3(8)4(9,10)1-2(5(11,12)13)6(14,15)16/h3H,1H2. The van der Waals surface area contributed by atoms with Gasteiger partial charge in [-0.15, -0.1) is 0 Å². The molecular weight excluding hydrogens is 262 g/mol. The van der Waals surface area contributed by atoms with E-state index in [1.54, 1.807) is 0 Å². The average molecular weight is 265 g/mol. The Hall–Kier alpha value is -0.700. The fraction of sp³-hybridized carbons (Fsp3) is 0.833. The molecule has 0 amide bonds. The number of hydrogen-bond acceptors (Lipinski definition) is 0. The zero-order chi connectivity index (χ0) is 13.4. The Morgan fingerprint density at radius 3 is 1.25 bits per heavy atom. The van der Waals surface area contributed by atoms with Gasteiger partial charge in [0.25, 0.3) is 0 Å². The highest BCUT2D eigenvalue weighted by Gasteiger charge is 2.62. The fourth-order valence-electron chi connectivity index (χ4n) is 0.674. The van der Waals surface area contributed by atoms with Crippen molar-refractivity contribution in [2.24, 2.45) is 0 Å². The first kappa shape index (κ1) is 15.3. The molecule has 0 aliphatic carbocycles. The van der Waals surface area contributed by atoms with Crippen LogP contribution in [0.3, 0.4) is 0 Å². The SMILES string of the molecule is FC(F)C(F)(F)C[C](C(F)(F)F)C(F)(F)F. The van der Waals surface area contributed by atoms with Crippen molar-refractivity contribution in [2.75, 3.05) is 0 Å². The molecule has 0 rings (SSSR count). The highest BCUT2D eigenvalue weighted by Crippen LogP contribution is 2.47. The van der Waals surface area contributed by atoms with Crippen LogP contribution in [0.1, 0.15) is 6.42 Å². The number of halogens is 10. The number of hydrogen-bond donors (Lipinski definition) is 0. The number of rotatable bonds is 3. The van der Waals surface area contributed by atoms with Crippen LogP contribution in [0.25, 0.3) is 0 Å². The van der Waals surface area contributed by atoms with Crippen LogP contribution in [0, 0.1) is 5.92 Å². The predicted molar refractivity (Wildman–Crippen MR) is 30.9 cm³/mol. The van der Waals surface area contributed by atoms with E-state index in [9.17, 15) is 43.9 Å². The molecule has 0 aromatic carbocycles.